The van der Waals surface area contributed by atoms with Gasteiger partial charge in [0.05, 0.1) is 11.1 Å². The molecular formula is C20H22N4O4. The zero-order valence-electron chi connectivity index (χ0n) is 15.4. The summed E-state index contributed by atoms with van der Waals surface area (Å²) in [4.78, 5) is 50.0. The number of rotatable bonds is 4. The number of benzene rings is 1. The number of imide groups is 2. The van der Waals surface area contributed by atoms with Gasteiger partial charge in [0.1, 0.15) is 6.04 Å². The Hall–Kier alpha value is -2.74. The van der Waals surface area contributed by atoms with E-state index < -0.39 is 23.8 Å². The van der Waals surface area contributed by atoms with Gasteiger partial charge in [0.2, 0.25) is 11.8 Å². The normalized spacial score (nSPS) is 26.0. The van der Waals surface area contributed by atoms with Gasteiger partial charge < -0.3 is 10.6 Å². The lowest BCUT2D eigenvalue weighted by molar-refractivity contribution is -0.136. The van der Waals surface area contributed by atoms with Crippen molar-refractivity contribution in [2.75, 3.05) is 25.0 Å². The molecule has 3 aliphatic heterocycles. The number of anilines is 1. The van der Waals surface area contributed by atoms with Crippen LogP contribution in [-0.4, -0.2) is 54.2 Å². The van der Waals surface area contributed by atoms with Crippen LogP contribution < -0.4 is 16.0 Å². The van der Waals surface area contributed by atoms with Crippen LogP contribution in [0.2, 0.25) is 0 Å². The molecule has 1 spiro atoms. The second kappa shape index (κ2) is 6.13. The number of fused-ring (bicyclic) bond motifs is 1. The van der Waals surface area contributed by atoms with Crippen LogP contribution in [0.25, 0.3) is 0 Å². The van der Waals surface area contributed by atoms with Gasteiger partial charge in [-0.15, -0.1) is 0 Å². The zero-order valence-corrected chi connectivity index (χ0v) is 15.4. The summed E-state index contributed by atoms with van der Waals surface area (Å²) >= 11 is 0. The van der Waals surface area contributed by atoms with Gasteiger partial charge in [-0.25, -0.2) is 0 Å². The van der Waals surface area contributed by atoms with Crippen molar-refractivity contribution in [3.63, 3.8) is 0 Å². The van der Waals surface area contributed by atoms with Crippen LogP contribution in [-0.2, 0) is 9.59 Å². The number of hydrogen-bond donors (Lipinski definition) is 3. The Morgan fingerprint density at radius 2 is 1.82 bits per heavy atom. The number of piperidine rings is 1. The molecular weight excluding hydrogens is 360 g/mol. The highest BCUT2D eigenvalue weighted by molar-refractivity contribution is 6.23. The van der Waals surface area contributed by atoms with Crippen molar-refractivity contribution in [3.05, 3.63) is 29.3 Å². The maximum atomic E-state index is 12.8. The Morgan fingerprint density at radius 3 is 2.50 bits per heavy atom. The summed E-state index contributed by atoms with van der Waals surface area (Å²) in [6.07, 6.45) is 2.73. The number of amides is 4. The summed E-state index contributed by atoms with van der Waals surface area (Å²) in [7, 11) is 0. The minimum Gasteiger partial charge on any atom is -0.385 e. The van der Waals surface area contributed by atoms with Crippen molar-refractivity contribution in [1.29, 1.82) is 0 Å². The van der Waals surface area contributed by atoms with Gasteiger partial charge >= 0.3 is 0 Å². The third kappa shape index (κ3) is 2.63. The maximum absolute atomic E-state index is 12.8. The van der Waals surface area contributed by atoms with Gasteiger partial charge in [-0.1, -0.05) is 0 Å². The predicted molar refractivity (Wildman–Crippen MR) is 99.6 cm³/mol. The fourth-order valence-electron chi connectivity index (χ4n) is 4.92. The van der Waals surface area contributed by atoms with Gasteiger partial charge in [-0.3, -0.25) is 29.4 Å². The standard InChI is InChI=1S/C20H22N4O4/c25-16-4-3-15(17(26)23-16)24-18(27)13-2-1-12(5-14(13)19(24)28)22-8-11-6-20(7-11)9-21-10-20/h1-2,5,11,15,21-22H,3-4,6-10H2,(H,23,25,26). The van der Waals surface area contributed by atoms with E-state index in [0.717, 1.165) is 30.2 Å². The smallest absolute Gasteiger partial charge is 0.262 e. The molecule has 8 nitrogen and oxygen atoms in total. The molecule has 2 saturated heterocycles. The molecule has 4 aliphatic rings. The molecule has 3 heterocycles. The molecule has 1 aliphatic carbocycles. The van der Waals surface area contributed by atoms with E-state index >= 15 is 0 Å². The average Bonchev–Trinajstić information content (AvgIpc) is 2.83. The van der Waals surface area contributed by atoms with Crippen molar-refractivity contribution >= 4 is 29.3 Å². The third-order valence-electron chi connectivity index (χ3n) is 6.48. The van der Waals surface area contributed by atoms with Crippen LogP contribution in [0.5, 0.6) is 0 Å². The fourth-order valence-corrected chi connectivity index (χ4v) is 4.92. The predicted octanol–water partition coefficient (Wildman–Crippen LogP) is 0.499. The van der Waals surface area contributed by atoms with Gasteiger partial charge in [0, 0.05) is 31.7 Å². The van der Waals surface area contributed by atoms with Gasteiger partial charge in [-0.2, -0.15) is 0 Å². The summed E-state index contributed by atoms with van der Waals surface area (Å²) in [5, 5.41) is 8.92. The molecule has 1 aromatic rings. The fraction of sp³-hybridized carbons (Fsp3) is 0.500. The SMILES string of the molecule is O=C1CCC(N2C(=O)c3ccc(NCC4CC5(CNC5)C4)cc3C2=O)C(=O)N1. The summed E-state index contributed by atoms with van der Waals surface area (Å²) in [6.45, 7) is 3.09. The van der Waals surface area contributed by atoms with Crippen LogP contribution in [0.1, 0.15) is 46.4 Å². The Morgan fingerprint density at radius 1 is 1.07 bits per heavy atom. The minimum atomic E-state index is -0.927. The summed E-state index contributed by atoms with van der Waals surface area (Å²) in [6, 6.07) is 4.21. The third-order valence-corrected chi connectivity index (χ3v) is 6.48. The van der Waals surface area contributed by atoms with Crippen LogP contribution in [0, 0.1) is 11.3 Å². The lowest BCUT2D eigenvalue weighted by Gasteiger charge is -2.54. The number of hydrogen-bond acceptors (Lipinski definition) is 6. The molecule has 146 valence electrons. The van der Waals surface area contributed by atoms with E-state index in [1.807, 2.05) is 0 Å². The average molecular weight is 382 g/mol. The number of nitrogens with one attached hydrogen (secondary N) is 3. The molecule has 1 aromatic carbocycles. The molecule has 3 N–H and O–H groups in total. The Balaban J connectivity index is 1.28. The van der Waals surface area contributed by atoms with Gasteiger partial charge in [0.15, 0.2) is 0 Å². The first-order valence-electron chi connectivity index (χ1n) is 9.76. The lowest BCUT2D eigenvalue weighted by atomic mass is 9.58. The van der Waals surface area contributed by atoms with Crippen molar-refractivity contribution in [3.8, 4) is 0 Å². The highest BCUT2D eigenvalue weighted by Gasteiger charge is 2.48. The Kier molecular flexibility index (Phi) is 3.80. The molecule has 0 bridgehead atoms. The molecule has 1 saturated carbocycles. The number of nitrogens with zero attached hydrogens (tertiary/aromatic N) is 1. The molecule has 0 radical (unpaired) electrons. The van der Waals surface area contributed by atoms with Crippen molar-refractivity contribution in [1.82, 2.24) is 15.5 Å². The van der Waals surface area contributed by atoms with E-state index in [0.29, 0.717) is 22.5 Å². The van der Waals surface area contributed by atoms with E-state index in [4.69, 9.17) is 0 Å². The molecule has 4 amide bonds. The van der Waals surface area contributed by atoms with Crippen molar-refractivity contribution in [2.24, 2.45) is 11.3 Å². The highest BCUT2D eigenvalue weighted by Crippen LogP contribution is 2.48. The molecule has 1 unspecified atom stereocenters. The molecule has 28 heavy (non-hydrogen) atoms. The molecule has 5 rings (SSSR count). The second-order valence-electron chi connectivity index (χ2n) is 8.47. The van der Waals surface area contributed by atoms with Gasteiger partial charge in [0.25, 0.3) is 11.8 Å². The minimum absolute atomic E-state index is 0.120. The molecule has 0 aromatic heterocycles. The van der Waals surface area contributed by atoms with E-state index in [1.54, 1.807) is 18.2 Å². The second-order valence-corrected chi connectivity index (χ2v) is 8.47. The van der Waals surface area contributed by atoms with E-state index in [9.17, 15) is 19.2 Å². The van der Waals surface area contributed by atoms with Crippen LogP contribution >= 0.6 is 0 Å². The lowest BCUT2D eigenvalue weighted by Crippen LogP contribution is -2.61. The van der Waals surface area contributed by atoms with Crippen LogP contribution in [0.4, 0.5) is 5.69 Å². The quantitative estimate of drug-likeness (QED) is 0.655. The first-order valence-corrected chi connectivity index (χ1v) is 9.76. The largest absolute Gasteiger partial charge is 0.385 e. The van der Waals surface area contributed by atoms with Crippen LogP contribution in [0.15, 0.2) is 18.2 Å². The monoisotopic (exact) mass is 382 g/mol. The first-order chi connectivity index (χ1) is 13.5. The van der Waals surface area contributed by atoms with Gasteiger partial charge in [-0.05, 0) is 48.8 Å². The van der Waals surface area contributed by atoms with E-state index in [1.165, 1.54) is 12.8 Å². The van der Waals surface area contributed by atoms with Crippen molar-refractivity contribution in [2.45, 2.75) is 31.7 Å². The highest BCUT2D eigenvalue weighted by atomic mass is 16.2. The topological polar surface area (TPSA) is 108 Å². The summed E-state index contributed by atoms with van der Waals surface area (Å²) in [5.41, 5.74) is 1.95. The van der Waals surface area contributed by atoms with E-state index in [2.05, 4.69) is 16.0 Å². The molecule has 1 atom stereocenters. The molecule has 3 fully saturated rings. The van der Waals surface area contributed by atoms with Crippen LogP contribution in [0.3, 0.4) is 0 Å². The molecule has 8 heteroatoms. The first kappa shape index (κ1) is 17.4. The maximum Gasteiger partial charge on any atom is 0.262 e. The zero-order chi connectivity index (χ0) is 19.5. The summed E-state index contributed by atoms with van der Waals surface area (Å²) in [5.74, 6) is -1.28. The number of carbonyl (C=O) groups is 4. The van der Waals surface area contributed by atoms with Crippen molar-refractivity contribution < 1.29 is 19.2 Å². The number of carbonyl (C=O) groups excluding carboxylic acids is 4. The summed E-state index contributed by atoms with van der Waals surface area (Å²) < 4.78 is 0. The van der Waals surface area contributed by atoms with E-state index in [-0.39, 0.29) is 18.7 Å². The Labute approximate surface area is 162 Å². The Bertz CT molecular complexity index is 899.